The summed E-state index contributed by atoms with van der Waals surface area (Å²) in [6.07, 6.45) is 11.8. The minimum atomic E-state index is -0.546. The highest BCUT2D eigenvalue weighted by molar-refractivity contribution is 6.23. The lowest BCUT2D eigenvalue weighted by Crippen LogP contribution is -2.26. The van der Waals surface area contributed by atoms with Gasteiger partial charge in [-0.05, 0) is 24.8 Å². The monoisotopic (exact) mass is 449 g/mol. The van der Waals surface area contributed by atoms with Gasteiger partial charge in [0.2, 0.25) is 28.8 Å². The van der Waals surface area contributed by atoms with Gasteiger partial charge in [0.05, 0.1) is 25.6 Å². The van der Waals surface area contributed by atoms with Gasteiger partial charge in [0.1, 0.15) is 0 Å². The van der Waals surface area contributed by atoms with Gasteiger partial charge in [-0.2, -0.15) is 0 Å². The smallest absolute Gasteiger partial charge is 0.247 e. The molecule has 0 fully saturated rings. The van der Waals surface area contributed by atoms with Gasteiger partial charge in [0.25, 0.3) is 0 Å². The Morgan fingerprint density at radius 1 is 0.938 bits per heavy atom. The van der Waals surface area contributed by atoms with Crippen LogP contribution in [-0.4, -0.2) is 30.7 Å². The Balaban J connectivity index is 2.86. The molecule has 0 radical (unpaired) electrons. The van der Waals surface area contributed by atoms with Crippen LogP contribution in [0.2, 0.25) is 0 Å². The summed E-state index contributed by atoms with van der Waals surface area (Å²) in [5.74, 6) is -1.41. The van der Waals surface area contributed by atoms with Crippen LogP contribution in [0.25, 0.3) is 0 Å². The molecule has 0 N–H and O–H groups in total. The molecule has 32 heavy (non-hydrogen) atoms. The number of carbonyl (C=O) groups is 2. The van der Waals surface area contributed by atoms with Gasteiger partial charge >= 0.3 is 0 Å². The number of hydrogen-bond donors (Lipinski definition) is 0. The maximum Gasteiger partial charge on any atom is 0.247 e. The van der Waals surface area contributed by atoms with Gasteiger partial charge in [-0.15, -0.1) is 0 Å². The van der Waals surface area contributed by atoms with Crippen molar-refractivity contribution in [3.8, 4) is 0 Å². The first kappa shape index (κ1) is 27.6. The van der Waals surface area contributed by atoms with E-state index >= 15 is 0 Å². The van der Waals surface area contributed by atoms with Crippen LogP contribution < -0.4 is 0 Å². The molecule has 0 saturated carbocycles. The predicted octanol–water partition coefficient (Wildman–Crippen LogP) is 6.07. The van der Waals surface area contributed by atoms with Crippen LogP contribution in [0.1, 0.15) is 91.9 Å². The van der Waals surface area contributed by atoms with Gasteiger partial charge in [-0.25, -0.2) is 0 Å². The number of nitro groups is 1. The molecule has 0 bridgehead atoms. The van der Waals surface area contributed by atoms with Gasteiger partial charge in [-0.3, -0.25) is 19.7 Å². The average molecular weight is 450 g/mol. The molecular weight excluding hydrogens is 410 g/mol. The number of rotatable bonds is 15. The summed E-state index contributed by atoms with van der Waals surface area (Å²) in [4.78, 5) is 36.7. The molecule has 180 valence electrons. The highest BCUT2D eigenvalue weighted by atomic mass is 16.6. The van der Waals surface area contributed by atoms with Crippen LogP contribution in [0.4, 0.5) is 0 Å². The summed E-state index contributed by atoms with van der Waals surface area (Å²) in [6.45, 7) is 7.63. The SMILES string of the molecule is CCCCCCCCCCC(C)(C)/C=C(\CC1=C(C)C(=O)C(OC)=C(OC)C1=O)[N+](=O)[O-]. The third-order valence-corrected chi connectivity index (χ3v) is 5.92. The third kappa shape index (κ3) is 7.92. The molecule has 0 amide bonds. The summed E-state index contributed by atoms with van der Waals surface area (Å²) < 4.78 is 10.1. The first-order chi connectivity index (χ1) is 15.1. The molecule has 7 nitrogen and oxygen atoms in total. The number of ether oxygens (including phenoxy) is 2. The topological polar surface area (TPSA) is 95.7 Å². The number of nitrogens with zero attached hydrogens (tertiary/aromatic N) is 1. The van der Waals surface area contributed by atoms with Crippen molar-refractivity contribution in [1.82, 2.24) is 0 Å². The van der Waals surface area contributed by atoms with Crippen LogP contribution in [0.5, 0.6) is 0 Å². The largest absolute Gasteiger partial charge is 0.489 e. The van der Waals surface area contributed by atoms with E-state index in [1.165, 1.54) is 59.7 Å². The summed E-state index contributed by atoms with van der Waals surface area (Å²) in [5.41, 5.74) is -0.237. The Labute approximate surface area is 192 Å². The van der Waals surface area contributed by atoms with E-state index in [-0.39, 0.29) is 34.8 Å². The quantitative estimate of drug-likeness (QED) is 0.130. The number of hydrogen-bond acceptors (Lipinski definition) is 6. The fourth-order valence-corrected chi connectivity index (χ4v) is 3.99. The molecule has 0 saturated heterocycles. The van der Waals surface area contributed by atoms with E-state index in [0.29, 0.717) is 0 Å². The summed E-state index contributed by atoms with van der Waals surface area (Å²) in [6, 6.07) is 0. The molecule has 0 aromatic heterocycles. The lowest BCUT2D eigenvalue weighted by Gasteiger charge is -2.22. The van der Waals surface area contributed by atoms with Gasteiger partial charge in [0.15, 0.2) is 0 Å². The number of Topliss-reactive ketones (excluding diaryl/α,β-unsaturated/α-hetero) is 2. The fourth-order valence-electron chi connectivity index (χ4n) is 3.99. The van der Waals surface area contributed by atoms with Crippen LogP contribution >= 0.6 is 0 Å². The normalized spacial score (nSPS) is 15.5. The van der Waals surface area contributed by atoms with Gasteiger partial charge < -0.3 is 9.47 Å². The predicted molar refractivity (Wildman–Crippen MR) is 124 cm³/mol. The molecule has 0 aromatic carbocycles. The van der Waals surface area contributed by atoms with Crippen molar-refractivity contribution in [2.24, 2.45) is 5.41 Å². The minimum absolute atomic E-state index is 0.0819. The zero-order valence-electron chi connectivity index (χ0n) is 20.5. The molecule has 0 aromatic rings. The Kier molecular flexibility index (Phi) is 11.4. The van der Waals surface area contributed by atoms with Crippen LogP contribution in [0, 0.1) is 15.5 Å². The van der Waals surface area contributed by atoms with Crippen molar-refractivity contribution in [3.63, 3.8) is 0 Å². The summed E-state index contributed by atoms with van der Waals surface area (Å²) in [5, 5.41) is 11.8. The molecule has 1 aliphatic rings. The Hall–Kier alpha value is -2.44. The molecule has 0 aliphatic heterocycles. The van der Waals surface area contributed by atoms with E-state index in [1.54, 1.807) is 6.08 Å². The third-order valence-electron chi connectivity index (χ3n) is 5.92. The summed E-state index contributed by atoms with van der Waals surface area (Å²) in [7, 11) is 2.56. The number of ketones is 2. The second kappa shape index (κ2) is 13.2. The fraction of sp³-hybridized carbons (Fsp3) is 0.680. The lowest BCUT2D eigenvalue weighted by atomic mass is 9.84. The van der Waals surface area contributed by atoms with E-state index in [2.05, 4.69) is 6.92 Å². The van der Waals surface area contributed by atoms with Crippen molar-refractivity contribution in [2.45, 2.75) is 91.9 Å². The van der Waals surface area contributed by atoms with Crippen molar-refractivity contribution >= 4 is 11.6 Å². The second-order valence-electron chi connectivity index (χ2n) is 9.11. The maximum absolute atomic E-state index is 12.8. The molecule has 0 atom stereocenters. The molecule has 0 spiro atoms. The van der Waals surface area contributed by atoms with E-state index < -0.39 is 21.9 Å². The molecule has 0 heterocycles. The Morgan fingerprint density at radius 2 is 1.44 bits per heavy atom. The first-order valence-electron chi connectivity index (χ1n) is 11.6. The minimum Gasteiger partial charge on any atom is -0.489 e. The highest BCUT2D eigenvalue weighted by Gasteiger charge is 2.36. The van der Waals surface area contributed by atoms with Crippen molar-refractivity contribution < 1.29 is 24.0 Å². The standard InChI is InChI=1S/C25H39NO6/c1-7-8-9-10-11-12-13-14-15-25(3,4)17-19(26(29)30)16-20-18(2)21(27)23(31-5)24(32-6)22(20)28/h17H,7-16H2,1-6H3/b19-17+. The van der Waals surface area contributed by atoms with Gasteiger partial charge in [-0.1, -0.05) is 72.1 Å². The summed E-state index contributed by atoms with van der Waals surface area (Å²) >= 11 is 0. The maximum atomic E-state index is 12.8. The van der Waals surface area contributed by atoms with E-state index in [0.717, 1.165) is 19.3 Å². The molecule has 1 rings (SSSR count). The van der Waals surface area contributed by atoms with Crippen LogP contribution in [0.15, 0.2) is 34.4 Å². The van der Waals surface area contributed by atoms with Crippen molar-refractivity contribution in [3.05, 3.63) is 44.6 Å². The molecule has 7 heteroatoms. The number of allylic oxidation sites excluding steroid dienone is 4. The van der Waals surface area contributed by atoms with Crippen molar-refractivity contribution in [2.75, 3.05) is 14.2 Å². The number of unbranched alkanes of at least 4 members (excludes halogenated alkanes) is 7. The Bertz CT molecular complexity index is 788. The highest BCUT2D eigenvalue weighted by Crippen LogP contribution is 2.33. The first-order valence-corrected chi connectivity index (χ1v) is 11.6. The molecular formula is C25H39NO6. The van der Waals surface area contributed by atoms with Crippen molar-refractivity contribution in [1.29, 1.82) is 0 Å². The average Bonchev–Trinajstić information content (AvgIpc) is 2.74. The lowest BCUT2D eigenvalue weighted by molar-refractivity contribution is -0.427. The zero-order valence-corrected chi connectivity index (χ0v) is 20.5. The molecule has 0 unspecified atom stereocenters. The zero-order chi connectivity index (χ0) is 24.3. The number of methoxy groups -OCH3 is 2. The van der Waals surface area contributed by atoms with E-state index in [9.17, 15) is 19.7 Å². The van der Waals surface area contributed by atoms with E-state index in [4.69, 9.17) is 9.47 Å². The van der Waals surface area contributed by atoms with Gasteiger partial charge in [0, 0.05) is 11.1 Å². The Morgan fingerprint density at radius 3 is 1.94 bits per heavy atom. The molecule has 1 aliphatic carbocycles. The second-order valence-corrected chi connectivity index (χ2v) is 9.11. The van der Waals surface area contributed by atoms with E-state index in [1.807, 2.05) is 13.8 Å². The van der Waals surface area contributed by atoms with Crippen LogP contribution in [-0.2, 0) is 19.1 Å². The van der Waals surface area contributed by atoms with Crippen LogP contribution in [0.3, 0.4) is 0 Å². The number of carbonyl (C=O) groups excluding carboxylic acids is 2.